The first kappa shape index (κ1) is 18.9. The van der Waals surface area contributed by atoms with E-state index in [0.717, 1.165) is 35.6 Å². The lowest BCUT2D eigenvalue weighted by molar-refractivity contribution is -0.114. The van der Waals surface area contributed by atoms with Crippen LogP contribution in [0.15, 0.2) is 59.5 Å². The van der Waals surface area contributed by atoms with Crippen LogP contribution in [0.25, 0.3) is 10.8 Å². The second-order valence-corrected chi connectivity index (χ2v) is 9.35. The van der Waals surface area contributed by atoms with E-state index in [2.05, 4.69) is 5.32 Å². The molecular weight excluding hydrogens is 405 g/mol. The Bertz CT molecular complexity index is 1260. The molecule has 0 bridgehead atoms. The van der Waals surface area contributed by atoms with Gasteiger partial charge in [-0.3, -0.25) is 9.10 Å². The summed E-state index contributed by atoms with van der Waals surface area (Å²) in [5.41, 5.74) is 1.18. The molecule has 0 spiro atoms. The van der Waals surface area contributed by atoms with Crippen LogP contribution in [-0.4, -0.2) is 34.0 Å². The van der Waals surface area contributed by atoms with Crippen molar-refractivity contribution >= 4 is 43.8 Å². The van der Waals surface area contributed by atoms with Gasteiger partial charge >= 0.3 is 0 Å². The number of hydrogen-bond donors (Lipinski definition) is 1. The molecular formula is C22H20FN3O3S. The number of nitrogens with one attached hydrogen (secondary N) is 1. The summed E-state index contributed by atoms with van der Waals surface area (Å²) >= 11 is 0. The van der Waals surface area contributed by atoms with Crippen LogP contribution in [0.2, 0.25) is 0 Å². The Balaban J connectivity index is 1.46. The lowest BCUT2D eigenvalue weighted by Crippen LogP contribution is -2.36. The van der Waals surface area contributed by atoms with E-state index in [4.69, 9.17) is 0 Å². The standard InChI is InChI=1S/C22H20FN3O3S/c23-16-8-5-10-18(25-12-1-2-13-25)22(16)24-20(27)14-26-17-9-3-6-15-7-4-11-19(21(15)17)30(26,28)29/h3-11H,1-2,12-14H2,(H,24,27). The van der Waals surface area contributed by atoms with Crippen LogP contribution in [-0.2, 0) is 14.8 Å². The van der Waals surface area contributed by atoms with Gasteiger partial charge in [-0.15, -0.1) is 0 Å². The number of benzene rings is 3. The van der Waals surface area contributed by atoms with Gasteiger partial charge in [0.1, 0.15) is 18.0 Å². The quantitative estimate of drug-likeness (QED) is 0.692. The van der Waals surface area contributed by atoms with E-state index < -0.39 is 28.3 Å². The number of halogens is 1. The van der Waals surface area contributed by atoms with Crippen LogP contribution in [0.4, 0.5) is 21.5 Å². The zero-order valence-electron chi connectivity index (χ0n) is 16.1. The van der Waals surface area contributed by atoms with Crippen LogP contribution < -0.4 is 14.5 Å². The van der Waals surface area contributed by atoms with Crippen molar-refractivity contribution in [2.45, 2.75) is 17.7 Å². The zero-order valence-corrected chi connectivity index (χ0v) is 17.0. The summed E-state index contributed by atoms with van der Waals surface area (Å²) in [5, 5.41) is 4.02. The minimum atomic E-state index is -3.85. The molecule has 2 heterocycles. The van der Waals surface area contributed by atoms with E-state index >= 15 is 0 Å². The summed E-state index contributed by atoms with van der Waals surface area (Å²) in [5.74, 6) is -1.13. The third kappa shape index (κ3) is 2.90. The van der Waals surface area contributed by atoms with Gasteiger partial charge in [-0.05, 0) is 42.5 Å². The highest BCUT2D eigenvalue weighted by molar-refractivity contribution is 7.93. The molecule has 30 heavy (non-hydrogen) atoms. The number of nitrogens with zero attached hydrogens (tertiary/aromatic N) is 2. The molecule has 0 unspecified atom stereocenters. The molecule has 1 saturated heterocycles. The fourth-order valence-electron chi connectivity index (χ4n) is 4.30. The molecule has 1 N–H and O–H groups in total. The van der Waals surface area contributed by atoms with Crippen molar-refractivity contribution in [2.24, 2.45) is 0 Å². The van der Waals surface area contributed by atoms with Gasteiger partial charge in [0.05, 0.1) is 16.3 Å². The molecule has 6 nitrogen and oxygen atoms in total. The van der Waals surface area contributed by atoms with Gasteiger partial charge in [-0.1, -0.05) is 30.3 Å². The van der Waals surface area contributed by atoms with Gasteiger partial charge in [0.15, 0.2) is 0 Å². The molecule has 0 aliphatic carbocycles. The minimum Gasteiger partial charge on any atom is -0.370 e. The molecule has 1 amide bonds. The molecule has 2 aliphatic heterocycles. The van der Waals surface area contributed by atoms with Crippen LogP contribution in [0.5, 0.6) is 0 Å². The maximum absolute atomic E-state index is 14.6. The molecule has 2 aliphatic rings. The Labute approximate surface area is 174 Å². The van der Waals surface area contributed by atoms with Gasteiger partial charge in [-0.25, -0.2) is 12.8 Å². The molecule has 5 rings (SSSR count). The predicted molar refractivity (Wildman–Crippen MR) is 115 cm³/mol. The zero-order chi connectivity index (χ0) is 20.9. The minimum absolute atomic E-state index is 0.0942. The normalized spacial score (nSPS) is 17.0. The highest BCUT2D eigenvalue weighted by atomic mass is 32.2. The maximum Gasteiger partial charge on any atom is 0.265 e. The fourth-order valence-corrected chi connectivity index (χ4v) is 5.96. The van der Waals surface area contributed by atoms with Crippen molar-refractivity contribution in [2.75, 3.05) is 34.2 Å². The summed E-state index contributed by atoms with van der Waals surface area (Å²) in [4.78, 5) is 15.1. The van der Waals surface area contributed by atoms with Crippen molar-refractivity contribution in [3.63, 3.8) is 0 Å². The summed E-state index contributed by atoms with van der Waals surface area (Å²) in [7, 11) is -3.85. The Hall–Kier alpha value is -3.13. The van der Waals surface area contributed by atoms with Gasteiger partial charge in [-0.2, -0.15) is 0 Å². The molecule has 0 radical (unpaired) electrons. The van der Waals surface area contributed by atoms with Crippen molar-refractivity contribution in [3.8, 4) is 0 Å². The lowest BCUT2D eigenvalue weighted by atomic mass is 10.1. The number of anilines is 3. The average Bonchev–Trinajstić information content (AvgIpc) is 3.33. The third-order valence-electron chi connectivity index (χ3n) is 5.67. The number of carbonyl (C=O) groups excluding carboxylic acids is 1. The summed E-state index contributed by atoms with van der Waals surface area (Å²) in [6.45, 7) is 1.16. The molecule has 3 aromatic carbocycles. The van der Waals surface area contributed by atoms with E-state index in [0.29, 0.717) is 16.8 Å². The van der Waals surface area contributed by atoms with Gasteiger partial charge in [0, 0.05) is 18.5 Å². The molecule has 0 atom stereocenters. The Kier molecular flexibility index (Phi) is 4.39. The van der Waals surface area contributed by atoms with E-state index in [1.807, 2.05) is 17.0 Å². The second kappa shape index (κ2) is 6.98. The Morgan fingerprint density at radius 2 is 1.63 bits per heavy atom. The maximum atomic E-state index is 14.6. The average molecular weight is 425 g/mol. The highest BCUT2D eigenvalue weighted by Gasteiger charge is 2.36. The number of amides is 1. The van der Waals surface area contributed by atoms with E-state index in [1.54, 1.807) is 36.4 Å². The molecule has 8 heteroatoms. The molecule has 0 saturated carbocycles. The first-order valence-corrected chi connectivity index (χ1v) is 11.3. The second-order valence-electron chi connectivity index (χ2n) is 7.52. The number of para-hydroxylation sites is 1. The largest absolute Gasteiger partial charge is 0.370 e. The van der Waals surface area contributed by atoms with Crippen LogP contribution in [0.3, 0.4) is 0 Å². The first-order chi connectivity index (χ1) is 14.5. The van der Waals surface area contributed by atoms with Crippen molar-refractivity contribution in [1.29, 1.82) is 0 Å². The predicted octanol–water partition coefficient (Wildman–Crippen LogP) is 3.73. The first-order valence-electron chi connectivity index (χ1n) is 9.84. The Morgan fingerprint density at radius 1 is 0.967 bits per heavy atom. The van der Waals surface area contributed by atoms with Crippen LogP contribution in [0.1, 0.15) is 12.8 Å². The van der Waals surface area contributed by atoms with Crippen molar-refractivity contribution in [1.82, 2.24) is 0 Å². The number of sulfonamides is 1. The highest BCUT2D eigenvalue weighted by Crippen LogP contribution is 2.42. The van der Waals surface area contributed by atoms with Crippen molar-refractivity contribution in [3.05, 3.63) is 60.4 Å². The van der Waals surface area contributed by atoms with Crippen molar-refractivity contribution < 1.29 is 17.6 Å². The Morgan fingerprint density at radius 3 is 2.40 bits per heavy atom. The summed E-state index contributed by atoms with van der Waals surface area (Å²) < 4.78 is 41.8. The topological polar surface area (TPSA) is 69.7 Å². The van der Waals surface area contributed by atoms with Gasteiger partial charge in [0.2, 0.25) is 5.91 Å². The van der Waals surface area contributed by atoms with Gasteiger partial charge in [0.25, 0.3) is 10.0 Å². The number of rotatable bonds is 4. The molecule has 1 fully saturated rings. The van der Waals surface area contributed by atoms with Crippen LogP contribution >= 0.6 is 0 Å². The third-order valence-corrected chi connectivity index (χ3v) is 7.47. The number of hydrogen-bond acceptors (Lipinski definition) is 4. The summed E-state index contributed by atoms with van der Waals surface area (Å²) in [6, 6.07) is 15.0. The summed E-state index contributed by atoms with van der Waals surface area (Å²) in [6.07, 6.45) is 2.02. The van der Waals surface area contributed by atoms with Gasteiger partial charge < -0.3 is 10.2 Å². The SMILES string of the molecule is O=C(CN1c2cccc3cccc(c23)S1(=O)=O)Nc1c(F)cccc1N1CCCC1. The van der Waals surface area contributed by atoms with E-state index in [-0.39, 0.29) is 10.6 Å². The number of carbonyl (C=O) groups is 1. The van der Waals surface area contributed by atoms with E-state index in [9.17, 15) is 17.6 Å². The molecule has 3 aromatic rings. The molecule has 0 aromatic heterocycles. The smallest absolute Gasteiger partial charge is 0.265 e. The van der Waals surface area contributed by atoms with E-state index in [1.165, 1.54) is 6.07 Å². The van der Waals surface area contributed by atoms with Crippen LogP contribution in [0, 0.1) is 5.82 Å². The monoisotopic (exact) mass is 425 g/mol. The lowest BCUT2D eigenvalue weighted by Gasteiger charge is -2.23. The molecule has 154 valence electrons. The fraction of sp³-hybridized carbons (Fsp3) is 0.227.